The number of carboxylic acids is 1. The van der Waals surface area contributed by atoms with E-state index in [-0.39, 0.29) is 18.8 Å². The summed E-state index contributed by atoms with van der Waals surface area (Å²) in [5.41, 5.74) is 18.9. The van der Waals surface area contributed by atoms with Gasteiger partial charge in [0, 0.05) is 46.6 Å². The first kappa shape index (κ1) is 45.5. The zero-order valence-corrected chi connectivity index (χ0v) is 36.7. The number of fused-ring (bicyclic) bond motifs is 2. The van der Waals surface area contributed by atoms with E-state index in [4.69, 9.17) is 48.9 Å². The first-order valence-electron chi connectivity index (χ1n) is 20.4. The van der Waals surface area contributed by atoms with E-state index in [0.717, 1.165) is 49.6 Å². The lowest BCUT2D eigenvalue weighted by molar-refractivity contribution is -0.120. The van der Waals surface area contributed by atoms with Crippen LogP contribution in [0.5, 0.6) is 11.5 Å². The van der Waals surface area contributed by atoms with Crippen LogP contribution in [-0.2, 0) is 40.3 Å². The Kier molecular flexibility index (Phi) is 14.5. The summed E-state index contributed by atoms with van der Waals surface area (Å²) in [5, 5.41) is 12.5. The van der Waals surface area contributed by atoms with Gasteiger partial charge in [-0.05, 0) is 142 Å². The molecule has 2 amide bonds. The minimum absolute atomic E-state index is 0.149. The second-order valence-corrected chi connectivity index (χ2v) is 16.1. The van der Waals surface area contributed by atoms with Crippen LogP contribution in [0.2, 0.25) is 10.0 Å². The molecule has 12 nitrogen and oxygen atoms in total. The van der Waals surface area contributed by atoms with Crippen molar-refractivity contribution in [3.05, 3.63) is 200 Å². The number of carbonyl (C=O) groups is 4. The maximum Gasteiger partial charge on any atom is 0.338 e. The van der Waals surface area contributed by atoms with Crippen molar-refractivity contribution in [3.63, 3.8) is 0 Å². The molecule has 0 radical (unpaired) electrons. The van der Waals surface area contributed by atoms with Crippen LogP contribution in [-0.4, -0.2) is 58.3 Å². The molecule has 0 spiro atoms. The van der Waals surface area contributed by atoms with Crippen molar-refractivity contribution in [1.82, 2.24) is 9.13 Å². The SMILES string of the molecule is COC(=O)c1cc(Cl)ccc1Cc1ccc2c(ccn2Cc2cccc(OCC(N)=O)c2)c1.NC(=O)COc1cccc(Cn2ccc3cc(Cc4ccc(Cl)cc4C(=O)O)ccc32)c1. The second kappa shape index (κ2) is 20.8. The van der Waals surface area contributed by atoms with Gasteiger partial charge in [-0.1, -0.05) is 71.7 Å². The number of hydrogen-bond donors (Lipinski definition) is 3. The number of nitrogens with two attached hydrogens (primary N) is 2. The number of amides is 2. The molecule has 0 saturated heterocycles. The Morgan fingerprint density at radius 3 is 1.46 bits per heavy atom. The van der Waals surface area contributed by atoms with Crippen molar-refractivity contribution >= 4 is 68.8 Å². The van der Waals surface area contributed by atoms with Crippen LogP contribution in [0.25, 0.3) is 21.8 Å². The lowest BCUT2D eigenvalue weighted by Crippen LogP contribution is -2.20. The van der Waals surface area contributed by atoms with Gasteiger partial charge < -0.3 is 39.9 Å². The van der Waals surface area contributed by atoms with Gasteiger partial charge in [-0.25, -0.2) is 9.59 Å². The predicted molar refractivity (Wildman–Crippen MR) is 251 cm³/mol. The van der Waals surface area contributed by atoms with Crippen LogP contribution in [0.15, 0.2) is 146 Å². The van der Waals surface area contributed by atoms with Crippen LogP contribution in [0.4, 0.5) is 0 Å². The largest absolute Gasteiger partial charge is 0.484 e. The molecular weight excluding hydrogens is 867 g/mol. The molecule has 0 unspecified atom stereocenters. The second-order valence-electron chi connectivity index (χ2n) is 15.2. The number of methoxy groups -OCH3 is 1. The fourth-order valence-corrected chi connectivity index (χ4v) is 7.85. The first-order chi connectivity index (χ1) is 31.3. The molecule has 0 aliphatic rings. The molecule has 0 fully saturated rings. The van der Waals surface area contributed by atoms with Gasteiger partial charge in [0.05, 0.1) is 18.2 Å². The van der Waals surface area contributed by atoms with Gasteiger partial charge in [-0.2, -0.15) is 0 Å². The molecule has 8 aromatic rings. The Morgan fingerprint density at radius 1 is 0.554 bits per heavy atom. The lowest BCUT2D eigenvalue weighted by atomic mass is 9.99. The molecule has 65 heavy (non-hydrogen) atoms. The summed E-state index contributed by atoms with van der Waals surface area (Å²) in [6.45, 7) is 0.983. The molecule has 0 atom stereocenters. The number of nitrogens with zero attached hydrogens (tertiary/aromatic N) is 2. The molecule has 0 aliphatic carbocycles. The third kappa shape index (κ3) is 11.9. The van der Waals surface area contributed by atoms with Crippen LogP contribution in [0.3, 0.4) is 0 Å². The van der Waals surface area contributed by atoms with Gasteiger partial charge in [0.1, 0.15) is 11.5 Å². The number of benzene rings is 6. The zero-order valence-electron chi connectivity index (χ0n) is 35.2. The highest BCUT2D eigenvalue weighted by molar-refractivity contribution is 6.31. The number of ether oxygens (including phenoxy) is 3. The molecule has 14 heteroatoms. The summed E-state index contributed by atoms with van der Waals surface area (Å²) in [4.78, 5) is 45.6. The van der Waals surface area contributed by atoms with E-state index in [1.165, 1.54) is 13.2 Å². The van der Waals surface area contributed by atoms with Crippen molar-refractivity contribution < 1.29 is 38.5 Å². The summed E-state index contributed by atoms with van der Waals surface area (Å²) < 4.78 is 20.0. The van der Waals surface area contributed by atoms with Gasteiger partial charge >= 0.3 is 11.9 Å². The fourth-order valence-electron chi connectivity index (χ4n) is 7.51. The average molecular weight is 912 g/mol. The minimum Gasteiger partial charge on any atom is -0.484 e. The quantitative estimate of drug-likeness (QED) is 0.0804. The summed E-state index contributed by atoms with van der Waals surface area (Å²) >= 11 is 12.0. The summed E-state index contributed by atoms with van der Waals surface area (Å²) in [6.07, 6.45) is 5.13. The minimum atomic E-state index is -0.989. The number of carboxylic acid groups (broad SMARTS) is 1. The van der Waals surface area contributed by atoms with Gasteiger partial charge in [-0.3, -0.25) is 9.59 Å². The van der Waals surface area contributed by atoms with Crippen LogP contribution in [0.1, 0.15) is 54.1 Å². The maximum atomic E-state index is 12.1. The zero-order chi connectivity index (χ0) is 46.0. The Hall–Kier alpha value is -7.54. The normalized spacial score (nSPS) is 10.9. The molecule has 2 aromatic heterocycles. The lowest BCUT2D eigenvalue weighted by Gasteiger charge is -2.10. The first-order valence-corrected chi connectivity index (χ1v) is 21.1. The monoisotopic (exact) mass is 910 g/mol. The van der Waals surface area contributed by atoms with Gasteiger partial charge in [-0.15, -0.1) is 0 Å². The van der Waals surface area contributed by atoms with Gasteiger partial charge in [0.25, 0.3) is 11.8 Å². The molecule has 5 N–H and O–H groups in total. The van der Waals surface area contributed by atoms with Gasteiger partial charge in [0.15, 0.2) is 13.2 Å². The van der Waals surface area contributed by atoms with E-state index in [9.17, 15) is 24.3 Å². The molecule has 2 heterocycles. The number of carbonyl (C=O) groups excluding carboxylic acids is 3. The van der Waals surface area contributed by atoms with Crippen LogP contribution >= 0.6 is 23.2 Å². The number of halogens is 2. The van der Waals surface area contributed by atoms with Crippen molar-refractivity contribution in [1.29, 1.82) is 0 Å². The fraction of sp³-hybridized carbons (Fsp3) is 0.137. The summed E-state index contributed by atoms with van der Waals surface area (Å²) in [6, 6.07) is 41.8. The highest BCUT2D eigenvalue weighted by atomic mass is 35.5. The van der Waals surface area contributed by atoms with E-state index >= 15 is 0 Å². The maximum absolute atomic E-state index is 12.1. The molecule has 0 saturated carbocycles. The molecule has 330 valence electrons. The third-order valence-corrected chi connectivity index (χ3v) is 11.0. The number of aromatic carboxylic acids is 1. The van der Waals surface area contributed by atoms with E-state index in [0.29, 0.717) is 58.6 Å². The number of hydrogen-bond acceptors (Lipinski definition) is 7. The Balaban J connectivity index is 0.000000194. The van der Waals surface area contributed by atoms with Crippen molar-refractivity contribution in [2.45, 2.75) is 25.9 Å². The van der Waals surface area contributed by atoms with Crippen molar-refractivity contribution in [2.24, 2.45) is 11.5 Å². The third-order valence-electron chi connectivity index (χ3n) is 10.5. The Labute approximate surface area is 384 Å². The standard InChI is InChI=1S/C26H23ClN2O4.C25H21ClN2O4/c1-32-26(31)23-14-21(27)7-6-19(23)11-17-5-8-24-20(12-17)9-10-29(24)15-18-3-2-4-22(13-18)33-16-25(28)30;26-20-6-5-18(22(13-20)25(30)31)10-16-4-7-23-19(11-16)8-9-28(23)14-17-2-1-3-21(12-17)32-15-24(27)29/h2-10,12-14H,11,15-16H2,1H3,(H2,28,30);1-9,11-13H,10,14-15H2,(H2,27,29)(H,30,31). The Bertz CT molecular complexity index is 3050. The predicted octanol–water partition coefficient (Wildman–Crippen LogP) is 9.08. The summed E-state index contributed by atoms with van der Waals surface area (Å²) in [7, 11) is 1.36. The van der Waals surface area contributed by atoms with Crippen molar-refractivity contribution in [2.75, 3.05) is 20.3 Å². The van der Waals surface area contributed by atoms with Gasteiger partial charge in [0.2, 0.25) is 0 Å². The van der Waals surface area contributed by atoms with Crippen molar-refractivity contribution in [3.8, 4) is 11.5 Å². The average Bonchev–Trinajstić information content (AvgIpc) is 3.88. The molecule has 8 rings (SSSR count). The smallest absolute Gasteiger partial charge is 0.338 e. The molecule has 0 bridgehead atoms. The number of rotatable bonds is 16. The van der Waals surface area contributed by atoms with Crippen LogP contribution < -0.4 is 20.9 Å². The number of primary amides is 2. The molecule has 0 aliphatic heterocycles. The van der Waals surface area contributed by atoms with E-state index in [1.54, 1.807) is 36.4 Å². The van der Waals surface area contributed by atoms with Crippen LogP contribution in [0, 0.1) is 0 Å². The number of aromatic nitrogens is 2. The Morgan fingerprint density at radius 2 is 1.02 bits per heavy atom. The highest BCUT2D eigenvalue weighted by Crippen LogP contribution is 2.27. The van der Waals surface area contributed by atoms with E-state index in [2.05, 4.69) is 39.5 Å². The van der Waals surface area contributed by atoms with E-state index < -0.39 is 23.8 Å². The molecular formula is C51H44Cl2N4O8. The molecule has 6 aromatic carbocycles. The van der Waals surface area contributed by atoms with E-state index in [1.807, 2.05) is 73.1 Å². The number of esters is 1. The summed E-state index contributed by atoms with van der Waals surface area (Å²) in [5.74, 6) is -1.22. The highest BCUT2D eigenvalue weighted by Gasteiger charge is 2.15. The topological polar surface area (TPSA) is 178 Å².